The Morgan fingerprint density at radius 3 is 2.77 bits per heavy atom. The second kappa shape index (κ2) is 3.48. The molecular weight excluding hydrogens is 160 g/mol. The Bertz CT molecular complexity index is 307. The number of hydrogen-bond donors (Lipinski definition) is 2. The van der Waals surface area contributed by atoms with Crippen molar-refractivity contribution < 1.29 is 0 Å². The molecule has 0 spiro atoms. The van der Waals surface area contributed by atoms with Crippen molar-refractivity contribution in [2.24, 2.45) is 17.4 Å². The molecule has 2 nitrogen and oxygen atoms in total. The van der Waals surface area contributed by atoms with Crippen molar-refractivity contribution in [3.63, 3.8) is 0 Å². The summed E-state index contributed by atoms with van der Waals surface area (Å²) < 4.78 is 0. The van der Waals surface area contributed by atoms with Gasteiger partial charge in [0.05, 0.1) is 0 Å². The Kier molecular flexibility index (Phi) is 2.34. The molecule has 1 aromatic rings. The van der Waals surface area contributed by atoms with Gasteiger partial charge in [-0.2, -0.15) is 0 Å². The molecule has 0 amide bonds. The second-order valence-corrected chi connectivity index (χ2v) is 3.77. The monoisotopic (exact) mass is 176 g/mol. The molecule has 1 atom stereocenters. The molecule has 2 rings (SSSR count). The lowest BCUT2D eigenvalue weighted by Crippen LogP contribution is -2.14. The molecule has 1 unspecified atom stereocenters. The van der Waals surface area contributed by atoms with Crippen molar-refractivity contribution in [2.45, 2.75) is 19.4 Å². The van der Waals surface area contributed by atoms with Crippen molar-refractivity contribution in [1.29, 1.82) is 0 Å². The first-order valence-electron chi connectivity index (χ1n) is 4.85. The molecule has 13 heavy (non-hydrogen) atoms. The third kappa shape index (κ3) is 1.47. The van der Waals surface area contributed by atoms with E-state index in [1.165, 1.54) is 16.7 Å². The first-order chi connectivity index (χ1) is 6.35. The lowest BCUT2D eigenvalue weighted by Gasteiger charge is -2.05. The van der Waals surface area contributed by atoms with Crippen LogP contribution < -0.4 is 11.5 Å². The van der Waals surface area contributed by atoms with Crippen LogP contribution in [0.15, 0.2) is 18.2 Å². The number of nitrogens with two attached hydrogens (primary N) is 2. The predicted molar refractivity (Wildman–Crippen MR) is 54.3 cm³/mol. The predicted octanol–water partition coefficient (Wildman–Crippen LogP) is 0.819. The number of fused-ring (bicyclic) bond motifs is 1. The Hall–Kier alpha value is -0.860. The quantitative estimate of drug-likeness (QED) is 0.701. The molecule has 4 N–H and O–H groups in total. The molecule has 0 saturated heterocycles. The van der Waals surface area contributed by atoms with Gasteiger partial charge in [-0.1, -0.05) is 18.2 Å². The van der Waals surface area contributed by atoms with Crippen LogP contribution >= 0.6 is 0 Å². The maximum Gasteiger partial charge on any atom is 0.0180 e. The molecule has 1 aromatic carbocycles. The van der Waals surface area contributed by atoms with Crippen LogP contribution in [0.4, 0.5) is 0 Å². The molecule has 1 aliphatic carbocycles. The van der Waals surface area contributed by atoms with Gasteiger partial charge >= 0.3 is 0 Å². The average Bonchev–Trinajstić information content (AvgIpc) is 2.59. The molecule has 1 aliphatic rings. The van der Waals surface area contributed by atoms with Crippen molar-refractivity contribution in [1.82, 2.24) is 0 Å². The van der Waals surface area contributed by atoms with Crippen LogP contribution in [0, 0.1) is 5.92 Å². The summed E-state index contributed by atoms with van der Waals surface area (Å²) in [7, 11) is 0. The van der Waals surface area contributed by atoms with Crippen LogP contribution in [0.2, 0.25) is 0 Å². The molecule has 0 saturated carbocycles. The highest BCUT2D eigenvalue weighted by molar-refractivity contribution is 5.39. The van der Waals surface area contributed by atoms with Gasteiger partial charge in [0.25, 0.3) is 0 Å². The van der Waals surface area contributed by atoms with Crippen LogP contribution in [0.25, 0.3) is 0 Å². The Morgan fingerprint density at radius 2 is 2.08 bits per heavy atom. The minimum absolute atomic E-state index is 0.641. The van der Waals surface area contributed by atoms with Gasteiger partial charge in [0, 0.05) is 6.54 Å². The minimum atomic E-state index is 0.641. The Morgan fingerprint density at radius 1 is 1.23 bits per heavy atom. The van der Waals surface area contributed by atoms with Gasteiger partial charge in [-0.3, -0.25) is 0 Å². The van der Waals surface area contributed by atoms with Crippen LogP contribution in [0.1, 0.15) is 16.7 Å². The van der Waals surface area contributed by atoms with Gasteiger partial charge in [0.15, 0.2) is 0 Å². The van der Waals surface area contributed by atoms with E-state index >= 15 is 0 Å². The number of hydrogen-bond acceptors (Lipinski definition) is 2. The topological polar surface area (TPSA) is 52.0 Å². The van der Waals surface area contributed by atoms with Crippen LogP contribution in [-0.2, 0) is 19.4 Å². The average molecular weight is 176 g/mol. The fourth-order valence-corrected chi connectivity index (χ4v) is 2.17. The lowest BCUT2D eigenvalue weighted by atomic mass is 10.0. The highest BCUT2D eigenvalue weighted by Crippen LogP contribution is 2.28. The number of benzene rings is 1. The zero-order valence-electron chi connectivity index (χ0n) is 7.79. The van der Waals surface area contributed by atoms with Crippen molar-refractivity contribution in [3.05, 3.63) is 34.9 Å². The first-order valence-corrected chi connectivity index (χ1v) is 4.85. The minimum Gasteiger partial charge on any atom is -0.330 e. The first kappa shape index (κ1) is 8.73. The lowest BCUT2D eigenvalue weighted by molar-refractivity contribution is 0.574. The molecule has 0 heterocycles. The highest BCUT2D eigenvalue weighted by Gasteiger charge is 2.21. The van der Waals surface area contributed by atoms with E-state index < -0.39 is 0 Å². The molecule has 0 fully saturated rings. The summed E-state index contributed by atoms with van der Waals surface area (Å²) in [5.41, 5.74) is 15.6. The fourth-order valence-electron chi connectivity index (χ4n) is 2.17. The maximum absolute atomic E-state index is 5.68. The van der Waals surface area contributed by atoms with Crippen LogP contribution in [0.5, 0.6) is 0 Å². The van der Waals surface area contributed by atoms with Gasteiger partial charge in [-0.05, 0) is 42.0 Å². The van der Waals surface area contributed by atoms with Crippen LogP contribution in [0.3, 0.4) is 0 Å². The van der Waals surface area contributed by atoms with E-state index in [1.807, 2.05) is 0 Å². The molecule has 0 aromatic heterocycles. The second-order valence-electron chi connectivity index (χ2n) is 3.77. The van der Waals surface area contributed by atoms with Gasteiger partial charge in [0.2, 0.25) is 0 Å². The van der Waals surface area contributed by atoms with Crippen LogP contribution in [-0.4, -0.2) is 6.54 Å². The fraction of sp³-hybridized carbons (Fsp3) is 0.455. The van der Waals surface area contributed by atoms with Gasteiger partial charge in [0.1, 0.15) is 0 Å². The van der Waals surface area contributed by atoms with Crippen molar-refractivity contribution in [2.75, 3.05) is 6.54 Å². The molecule has 0 aliphatic heterocycles. The van der Waals surface area contributed by atoms with E-state index in [9.17, 15) is 0 Å². The van der Waals surface area contributed by atoms with E-state index in [0.717, 1.165) is 19.4 Å². The molecule has 0 radical (unpaired) electrons. The summed E-state index contributed by atoms with van der Waals surface area (Å²) in [6.07, 6.45) is 2.26. The van der Waals surface area contributed by atoms with E-state index in [4.69, 9.17) is 11.5 Å². The summed E-state index contributed by atoms with van der Waals surface area (Å²) in [6.45, 7) is 1.44. The number of rotatable bonds is 2. The molecule has 2 heteroatoms. The summed E-state index contributed by atoms with van der Waals surface area (Å²) in [6, 6.07) is 6.42. The molecule has 0 bridgehead atoms. The maximum atomic E-state index is 5.68. The highest BCUT2D eigenvalue weighted by atomic mass is 14.6. The summed E-state index contributed by atoms with van der Waals surface area (Å²) in [5.74, 6) is 0.641. The van der Waals surface area contributed by atoms with E-state index in [1.54, 1.807) is 0 Å². The summed E-state index contributed by atoms with van der Waals surface area (Å²) >= 11 is 0. The SMILES string of the molecule is NCc1cccc2c1CC(CN)C2. The third-order valence-corrected chi connectivity index (χ3v) is 2.92. The zero-order valence-corrected chi connectivity index (χ0v) is 7.79. The van der Waals surface area contributed by atoms with Crippen molar-refractivity contribution in [3.8, 4) is 0 Å². The normalized spacial score (nSPS) is 20.3. The van der Waals surface area contributed by atoms with Crippen molar-refractivity contribution >= 4 is 0 Å². The largest absolute Gasteiger partial charge is 0.330 e. The van der Waals surface area contributed by atoms with E-state index in [0.29, 0.717) is 12.5 Å². The zero-order chi connectivity index (χ0) is 9.26. The Balaban J connectivity index is 2.33. The van der Waals surface area contributed by atoms with E-state index in [2.05, 4.69) is 18.2 Å². The molecule has 70 valence electrons. The Labute approximate surface area is 78.9 Å². The van der Waals surface area contributed by atoms with E-state index in [-0.39, 0.29) is 0 Å². The third-order valence-electron chi connectivity index (χ3n) is 2.92. The van der Waals surface area contributed by atoms with Gasteiger partial charge in [-0.15, -0.1) is 0 Å². The smallest absolute Gasteiger partial charge is 0.0180 e. The summed E-state index contributed by atoms with van der Waals surface area (Å²) in [4.78, 5) is 0. The summed E-state index contributed by atoms with van der Waals surface area (Å²) in [5, 5.41) is 0. The molecular formula is C11H16N2. The standard InChI is InChI=1S/C11H16N2/c12-6-8-4-9-2-1-3-10(7-13)11(9)5-8/h1-3,8H,4-7,12-13H2. The van der Waals surface area contributed by atoms with Gasteiger partial charge in [-0.25, -0.2) is 0 Å². The van der Waals surface area contributed by atoms with Gasteiger partial charge < -0.3 is 11.5 Å².